The van der Waals surface area contributed by atoms with Gasteiger partial charge in [-0.15, -0.1) is 0 Å². The van der Waals surface area contributed by atoms with E-state index >= 15 is 0 Å². The SMILES string of the molecule is Cc1cc(N2CCN(CCF)CC2)cc(C(=O)NC(c2ccc(F)cc2)c2cc(F)ccc2O)n1. The fourth-order valence-electron chi connectivity index (χ4n) is 4.26. The molecular formula is C26H27F3N4O2. The molecule has 4 rings (SSSR count). The van der Waals surface area contributed by atoms with E-state index < -0.39 is 23.6 Å². The molecule has 184 valence electrons. The number of amides is 1. The average molecular weight is 485 g/mol. The smallest absolute Gasteiger partial charge is 0.270 e. The van der Waals surface area contributed by atoms with E-state index in [0.717, 1.165) is 30.9 Å². The number of phenols is 1. The second kappa shape index (κ2) is 10.8. The molecule has 1 aliphatic heterocycles. The summed E-state index contributed by atoms with van der Waals surface area (Å²) in [6.45, 7) is 4.65. The third-order valence-corrected chi connectivity index (χ3v) is 6.09. The molecule has 0 saturated carbocycles. The first-order chi connectivity index (χ1) is 16.8. The molecule has 0 aliphatic carbocycles. The average Bonchev–Trinajstić information content (AvgIpc) is 2.85. The van der Waals surface area contributed by atoms with Gasteiger partial charge in [-0.3, -0.25) is 9.69 Å². The number of aromatic hydroxyl groups is 1. The van der Waals surface area contributed by atoms with E-state index in [4.69, 9.17) is 0 Å². The highest BCUT2D eigenvalue weighted by Gasteiger charge is 2.24. The van der Waals surface area contributed by atoms with Gasteiger partial charge in [-0.25, -0.2) is 18.2 Å². The van der Waals surface area contributed by atoms with Gasteiger partial charge in [0.1, 0.15) is 29.8 Å². The summed E-state index contributed by atoms with van der Waals surface area (Å²) in [4.78, 5) is 21.8. The molecule has 1 aliphatic rings. The van der Waals surface area contributed by atoms with Crippen molar-refractivity contribution in [2.75, 3.05) is 44.3 Å². The van der Waals surface area contributed by atoms with Crippen LogP contribution in [0.4, 0.5) is 18.9 Å². The molecule has 0 radical (unpaired) electrons. The van der Waals surface area contributed by atoms with Gasteiger partial charge in [0.05, 0.1) is 6.04 Å². The van der Waals surface area contributed by atoms with Crippen molar-refractivity contribution in [2.45, 2.75) is 13.0 Å². The minimum Gasteiger partial charge on any atom is -0.508 e. The summed E-state index contributed by atoms with van der Waals surface area (Å²) in [7, 11) is 0. The quantitative estimate of drug-likeness (QED) is 0.531. The predicted molar refractivity (Wildman–Crippen MR) is 127 cm³/mol. The fraction of sp³-hybridized carbons (Fsp3) is 0.308. The van der Waals surface area contributed by atoms with Crippen molar-refractivity contribution in [2.24, 2.45) is 0 Å². The topological polar surface area (TPSA) is 68.7 Å². The van der Waals surface area contributed by atoms with Gasteiger partial charge in [-0.05, 0) is 55.0 Å². The molecule has 6 nitrogen and oxygen atoms in total. The molecule has 1 atom stereocenters. The number of halogens is 3. The van der Waals surface area contributed by atoms with Crippen LogP contribution in [0, 0.1) is 18.6 Å². The molecule has 35 heavy (non-hydrogen) atoms. The number of rotatable bonds is 7. The van der Waals surface area contributed by atoms with Gasteiger partial charge in [-0.1, -0.05) is 12.1 Å². The molecule has 2 aromatic carbocycles. The maximum atomic E-state index is 14.0. The lowest BCUT2D eigenvalue weighted by atomic mass is 9.97. The summed E-state index contributed by atoms with van der Waals surface area (Å²) in [5, 5.41) is 13.2. The summed E-state index contributed by atoms with van der Waals surface area (Å²) >= 11 is 0. The molecule has 0 bridgehead atoms. The Kier molecular flexibility index (Phi) is 7.55. The van der Waals surface area contributed by atoms with Crippen LogP contribution in [0.5, 0.6) is 5.75 Å². The Morgan fingerprint density at radius 3 is 2.40 bits per heavy atom. The van der Waals surface area contributed by atoms with Crippen molar-refractivity contribution in [3.8, 4) is 5.75 Å². The van der Waals surface area contributed by atoms with Gasteiger partial charge in [0.15, 0.2) is 0 Å². The van der Waals surface area contributed by atoms with E-state index in [-0.39, 0.29) is 23.7 Å². The molecule has 2 heterocycles. The van der Waals surface area contributed by atoms with Gasteiger partial charge in [0, 0.05) is 49.7 Å². The Hall–Kier alpha value is -3.59. The number of alkyl halides is 1. The first-order valence-corrected chi connectivity index (χ1v) is 11.4. The van der Waals surface area contributed by atoms with Crippen LogP contribution in [0.3, 0.4) is 0 Å². The van der Waals surface area contributed by atoms with E-state index in [1.165, 1.54) is 30.3 Å². The maximum absolute atomic E-state index is 14.0. The van der Waals surface area contributed by atoms with Crippen molar-refractivity contribution < 1.29 is 23.1 Å². The summed E-state index contributed by atoms with van der Waals surface area (Å²) in [5.74, 6) is -1.77. The van der Waals surface area contributed by atoms with Gasteiger partial charge in [-0.2, -0.15) is 0 Å². The van der Waals surface area contributed by atoms with Crippen molar-refractivity contribution in [1.82, 2.24) is 15.2 Å². The molecule has 1 saturated heterocycles. The zero-order chi connectivity index (χ0) is 24.9. The van der Waals surface area contributed by atoms with Crippen LogP contribution in [-0.2, 0) is 0 Å². The fourth-order valence-corrected chi connectivity index (χ4v) is 4.26. The summed E-state index contributed by atoms with van der Waals surface area (Å²) in [5.41, 5.74) is 2.24. The molecule has 3 aromatic rings. The second-order valence-electron chi connectivity index (χ2n) is 8.53. The Labute approximate surface area is 202 Å². The van der Waals surface area contributed by atoms with Crippen LogP contribution in [0.15, 0.2) is 54.6 Å². The number of benzene rings is 2. The molecule has 1 amide bonds. The highest BCUT2D eigenvalue weighted by atomic mass is 19.1. The molecule has 2 N–H and O–H groups in total. The third-order valence-electron chi connectivity index (χ3n) is 6.09. The maximum Gasteiger partial charge on any atom is 0.270 e. The van der Waals surface area contributed by atoms with Gasteiger partial charge >= 0.3 is 0 Å². The number of aromatic nitrogens is 1. The summed E-state index contributed by atoms with van der Waals surface area (Å²) < 4.78 is 40.2. The van der Waals surface area contributed by atoms with Gasteiger partial charge < -0.3 is 15.3 Å². The molecule has 0 spiro atoms. The third kappa shape index (κ3) is 5.92. The number of hydrogen-bond acceptors (Lipinski definition) is 5. The number of carbonyl (C=O) groups is 1. The number of pyridine rings is 1. The van der Waals surface area contributed by atoms with Crippen LogP contribution in [0.25, 0.3) is 0 Å². The summed E-state index contributed by atoms with van der Waals surface area (Å²) in [6, 6.07) is 11.5. The van der Waals surface area contributed by atoms with E-state index in [1.807, 2.05) is 6.07 Å². The first kappa shape index (κ1) is 24.5. The van der Waals surface area contributed by atoms with Gasteiger partial charge in [0.25, 0.3) is 5.91 Å². The van der Waals surface area contributed by atoms with E-state index in [0.29, 0.717) is 30.9 Å². The Bertz CT molecular complexity index is 1180. The Morgan fingerprint density at radius 1 is 1.03 bits per heavy atom. The van der Waals surface area contributed by atoms with Crippen molar-refractivity contribution in [3.63, 3.8) is 0 Å². The Morgan fingerprint density at radius 2 is 1.71 bits per heavy atom. The van der Waals surface area contributed by atoms with Crippen molar-refractivity contribution >= 4 is 11.6 Å². The van der Waals surface area contributed by atoms with Crippen LogP contribution in [0.1, 0.15) is 33.4 Å². The lowest BCUT2D eigenvalue weighted by molar-refractivity contribution is 0.0937. The largest absolute Gasteiger partial charge is 0.508 e. The number of carbonyl (C=O) groups excluding carboxylic acids is 1. The molecular weight excluding hydrogens is 457 g/mol. The first-order valence-electron chi connectivity index (χ1n) is 11.4. The molecule has 1 aromatic heterocycles. The van der Waals surface area contributed by atoms with Gasteiger partial charge in [0.2, 0.25) is 0 Å². The van der Waals surface area contributed by atoms with E-state index in [2.05, 4.69) is 20.1 Å². The zero-order valence-corrected chi connectivity index (χ0v) is 19.3. The standard InChI is InChI=1S/C26H27F3N4O2/c1-17-14-21(33-12-10-32(9-8-27)11-13-33)16-23(30-17)26(35)31-25(18-2-4-19(28)5-3-18)22-15-20(29)6-7-24(22)34/h2-7,14-16,25,34H,8-13H2,1H3,(H,31,35). The van der Waals surface area contributed by atoms with Crippen molar-refractivity contribution in [3.05, 3.63) is 88.7 Å². The lowest BCUT2D eigenvalue weighted by Gasteiger charge is -2.35. The predicted octanol–water partition coefficient (Wildman–Crippen LogP) is 3.98. The van der Waals surface area contributed by atoms with Crippen LogP contribution in [-0.4, -0.2) is 60.3 Å². The number of aryl methyl sites for hydroxylation is 1. The van der Waals surface area contributed by atoms with Crippen LogP contribution < -0.4 is 10.2 Å². The number of anilines is 1. The van der Waals surface area contributed by atoms with E-state index in [9.17, 15) is 23.1 Å². The number of nitrogens with zero attached hydrogens (tertiary/aromatic N) is 3. The number of phenolic OH excluding ortho intramolecular Hbond substituents is 1. The normalized spacial score (nSPS) is 15.1. The van der Waals surface area contributed by atoms with E-state index in [1.54, 1.807) is 13.0 Å². The summed E-state index contributed by atoms with van der Waals surface area (Å²) in [6.07, 6.45) is 0. The zero-order valence-electron chi connectivity index (χ0n) is 19.3. The minimum atomic E-state index is -0.936. The van der Waals surface area contributed by atoms with Crippen LogP contribution >= 0.6 is 0 Å². The minimum absolute atomic E-state index is 0.141. The number of nitrogens with one attached hydrogen (secondary N) is 1. The molecule has 1 fully saturated rings. The number of hydrogen-bond donors (Lipinski definition) is 2. The lowest BCUT2D eigenvalue weighted by Crippen LogP contribution is -2.47. The highest BCUT2D eigenvalue weighted by Crippen LogP contribution is 2.31. The molecule has 1 unspecified atom stereocenters. The van der Waals surface area contributed by atoms with Crippen molar-refractivity contribution in [1.29, 1.82) is 0 Å². The molecule has 9 heteroatoms. The number of piperazine rings is 1. The highest BCUT2D eigenvalue weighted by molar-refractivity contribution is 5.94. The van der Waals surface area contributed by atoms with Crippen LogP contribution in [0.2, 0.25) is 0 Å². The Balaban J connectivity index is 1.61. The monoisotopic (exact) mass is 484 g/mol. The second-order valence-corrected chi connectivity index (χ2v) is 8.53.